The average Bonchev–Trinajstić information content (AvgIpc) is 2.60. The minimum absolute atomic E-state index is 0.0487. The highest BCUT2D eigenvalue weighted by molar-refractivity contribution is 6.03. The first-order chi connectivity index (χ1) is 11.6. The second-order valence-corrected chi connectivity index (χ2v) is 4.69. The summed E-state index contributed by atoms with van der Waals surface area (Å²) in [4.78, 5) is 22.9. The van der Waals surface area contributed by atoms with Crippen LogP contribution in [0.1, 0.15) is 23.8 Å². The summed E-state index contributed by atoms with van der Waals surface area (Å²) in [7, 11) is 1.71. The van der Waals surface area contributed by atoms with Crippen LogP contribution in [0, 0.1) is 0 Å². The first-order valence-electron chi connectivity index (χ1n) is 7.36. The molecule has 7 heteroatoms. The quantitative estimate of drug-likeness (QED) is 0.624. The third-order valence-electron chi connectivity index (χ3n) is 2.96. The third-order valence-corrected chi connectivity index (χ3v) is 2.96. The van der Waals surface area contributed by atoms with E-state index in [0.29, 0.717) is 5.75 Å². The molecule has 124 valence electrons. The van der Waals surface area contributed by atoms with E-state index in [1.807, 2.05) is 19.1 Å². The van der Waals surface area contributed by atoms with Gasteiger partial charge in [0.1, 0.15) is 11.6 Å². The monoisotopic (exact) mass is 326 g/mol. The summed E-state index contributed by atoms with van der Waals surface area (Å²) in [6, 6.07) is 7.02. The number of ether oxygens (including phenoxy) is 1. The van der Waals surface area contributed by atoms with E-state index in [4.69, 9.17) is 9.84 Å². The van der Waals surface area contributed by atoms with Gasteiger partial charge < -0.3 is 15.2 Å². The van der Waals surface area contributed by atoms with E-state index in [9.17, 15) is 4.79 Å². The zero-order chi connectivity index (χ0) is 17.4. The van der Waals surface area contributed by atoms with Gasteiger partial charge in [0, 0.05) is 25.1 Å². The summed E-state index contributed by atoms with van der Waals surface area (Å²) in [5.74, 6) is -0.0365. The lowest BCUT2D eigenvalue weighted by molar-refractivity contribution is 0.0686. The van der Waals surface area contributed by atoms with Crippen LogP contribution in [-0.4, -0.2) is 33.9 Å². The fourth-order valence-electron chi connectivity index (χ4n) is 1.81. The van der Waals surface area contributed by atoms with Crippen molar-refractivity contribution in [3.8, 4) is 11.6 Å². The number of carboxylic acids is 1. The summed E-state index contributed by atoms with van der Waals surface area (Å²) in [6.07, 6.45) is 7.52. The summed E-state index contributed by atoms with van der Waals surface area (Å²) in [5.41, 5.74) is 0.603. The molecule has 7 nitrogen and oxygen atoms in total. The van der Waals surface area contributed by atoms with Crippen LogP contribution >= 0.6 is 0 Å². The SMILES string of the molecule is CC/C=C\C(=NC)Nc1ccc(Oc2nccnc2C(=O)O)cc1. The van der Waals surface area contributed by atoms with Gasteiger partial charge in [0.2, 0.25) is 5.69 Å². The average molecular weight is 326 g/mol. The van der Waals surface area contributed by atoms with E-state index in [1.165, 1.54) is 12.4 Å². The molecule has 0 bridgehead atoms. The molecule has 1 aromatic heterocycles. The molecule has 0 atom stereocenters. The normalized spacial score (nSPS) is 11.5. The summed E-state index contributed by atoms with van der Waals surface area (Å²) >= 11 is 0. The first kappa shape index (κ1) is 17.1. The zero-order valence-electron chi connectivity index (χ0n) is 13.4. The molecule has 0 aliphatic carbocycles. The lowest BCUT2D eigenvalue weighted by Gasteiger charge is -2.09. The number of anilines is 1. The van der Waals surface area contributed by atoms with Gasteiger partial charge in [-0.1, -0.05) is 13.0 Å². The molecule has 24 heavy (non-hydrogen) atoms. The van der Waals surface area contributed by atoms with Gasteiger partial charge in [-0.2, -0.15) is 0 Å². The van der Waals surface area contributed by atoms with Crippen LogP contribution in [0.3, 0.4) is 0 Å². The maximum atomic E-state index is 11.1. The molecule has 0 spiro atoms. The van der Waals surface area contributed by atoms with Crippen molar-refractivity contribution in [3.63, 3.8) is 0 Å². The smallest absolute Gasteiger partial charge is 0.360 e. The Hall–Kier alpha value is -3.22. The summed E-state index contributed by atoms with van der Waals surface area (Å²) < 4.78 is 5.50. The molecule has 2 rings (SSSR count). The van der Waals surface area contributed by atoms with Crippen molar-refractivity contribution in [2.75, 3.05) is 12.4 Å². The fraction of sp³-hybridized carbons (Fsp3) is 0.176. The molecular formula is C17H18N4O3. The Morgan fingerprint density at radius 3 is 2.62 bits per heavy atom. The van der Waals surface area contributed by atoms with E-state index >= 15 is 0 Å². The predicted molar refractivity (Wildman–Crippen MR) is 91.9 cm³/mol. The Morgan fingerprint density at radius 2 is 2.00 bits per heavy atom. The summed E-state index contributed by atoms with van der Waals surface area (Å²) in [5, 5.41) is 12.2. The molecule has 0 amide bonds. The van der Waals surface area contributed by atoms with E-state index in [1.54, 1.807) is 31.3 Å². The Kier molecular flexibility index (Phi) is 6.01. The van der Waals surface area contributed by atoms with Gasteiger partial charge >= 0.3 is 5.97 Å². The van der Waals surface area contributed by atoms with E-state index in [2.05, 4.69) is 20.3 Å². The van der Waals surface area contributed by atoms with Crippen molar-refractivity contribution in [3.05, 3.63) is 54.5 Å². The minimum atomic E-state index is -1.19. The van der Waals surface area contributed by atoms with E-state index in [-0.39, 0.29) is 11.6 Å². The number of nitrogens with one attached hydrogen (secondary N) is 1. The lowest BCUT2D eigenvalue weighted by Crippen LogP contribution is -2.08. The van der Waals surface area contributed by atoms with Crippen molar-refractivity contribution in [1.29, 1.82) is 0 Å². The summed E-state index contributed by atoms with van der Waals surface area (Å²) in [6.45, 7) is 2.05. The molecule has 0 fully saturated rings. The van der Waals surface area contributed by atoms with Gasteiger partial charge in [0.15, 0.2) is 0 Å². The van der Waals surface area contributed by atoms with Gasteiger partial charge in [-0.15, -0.1) is 0 Å². The molecule has 0 radical (unpaired) electrons. The molecule has 1 aromatic carbocycles. The van der Waals surface area contributed by atoms with Gasteiger partial charge in [-0.3, -0.25) is 4.99 Å². The number of hydrogen-bond acceptors (Lipinski definition) is 5. The molecule has 2 aromatic rings. The number of aromatic carboxylic acids is 1. The van der Waals surface area contributed by atoms with Crippen LogP contribution in [0.2, 0.25) is 0 Å². The number of carboxylic acid groups (broad SMARTS) is 1. The molecular weight excluding hydrogens is 308 g/mol. The van der Waals surface area contributed by atoms with Crippen LogP contribution in [-0.2, 0) is 0 Å². The van der Waals surface area contributed by atoms with Crippen LogP contribution in [0.25, 0.3) is 0 Å². The number of aromatic nitrogens is 2. The van der Waals surface area contributed by atoms with Crippen LogP contribution in [0.15, 0.2) is 53.8 Å². The molecule has 0 saturated carbocycles. The molecule has 0 aliphatic heterocycles. The number of carbonyl (C=O) groups is 1. The molecule has 1 heterocycles. The number of rotatable bonds is 6. The molecule has 0 saturated heterocycles. The Morgan fingerprint density at radius 1 is 1.29 bits per heavy atom. The molecule has 0 aliphatic rings. The van der Waals surface area contributed by atoms with Crippen LogP contribution in [0.4, 0.5) is 5.69 Å². The lowest BCUT2D eigenvalue weighted by atomic mass is 10.3. The van der Waals surface area contributed by atoms with Crippen molar-refractivity contribution in [2.24, 2.45) is 4.99 Å². The van der Waals surface area contributed by atoms with Crippen molar-refractivity contribution < 1.29 is 14.6 Å². The number of nitrogens with zero attached hydrogens (tertiary/aromatic N) is 3. The van der Waals surface area contributed by atoms with Gasteiger partial charge in [-0.25, -0.2) is 14.8 Å². The number of hydrogen-bond donors (Lipinski definition) is 2. The fourth-order valence-corrected chi connectivity index (χ4v) is 1.81. The molecule has 2 N–H and O–H groups in total. The highest BCUT2D eigenvalue weighted by Gasteiger charge is 2.14. The highest BCUT2D eigenvalue weighted by atomic mass is 16.5. The topological polar surface area (TPSA) is 96.7 Å². The number of amidine groups is 1. The third kappa shape index (κ3) is 4.64. The van der Waals surface area contributed by atoms with Crippen molar-refractivity contribution in [1.82, 2.24) is 9.97 Å². The number of benzene rings is 1. The van der Waals surface area contributed by atoms with Crippen LogP contribution in [0.5, 0.6) is 11.6 Å². The maximum absolute atomic E-state index is 11.1. The standard InChI is InChI=1S/C17H18N4O3/c1-3-4-5-14(18-2)21-12-6-8-13(9-7-12)24-16-15(17(22)23)19-10-11-20-16/h4-11H,3H2,1-2H3,(H,18,21)(H,22,23)/b5-4-. The van der Waals surface area contributed by atoms with Crippen molar-refractivity contribution in [2.45, 2.75) is 13.3 Å². The Labute approximate surface area is 139 Å². The maximum Gasteiger partial charge on any atom is 0.360 e. The largest absolute Gasteiger partial charge is 0.476 e. The van der Waals surface area contributed by atoms with Crippen molar-refractivity contribution >= 4 is 17.5 Å². The van der Waals surface area contributed by atoms with Crippen LogP contribution < -0.4 is 10.1 Å². The van der Waals surface area contributed by atoms with E-state index < -0.39 is 5.97 Å². The Balaban J connectivity index is 2.10. The molecule has 0 unspecified atom stereocenters. The zero-order valence-corrected chi connectivity index (χ0v) is 13.4. The number of allylic oxidation sites excluding steroid dienone is 1. The second-order valence-electron chi connectivity index (χ2n) is 4.69. The predicted octanol–water partition coefficient (Wildman–Crippen LogP) is 3.37. The Bertz CT molecular complexity index is 755. The minimum Gasteiger partial charge on any atom is -0.476 e. The number of aliphatic imine (C=N–C) groups is 1. The highest BCUT2D eigenvalue weighted by Crippen LogP contribution is 2.23. The van der Waals surface area contributed by atoms with Gasteiger partial charge in [-0.05, 0) is 36.8 Å². The van der Waals surface area contributed by atoms with E-state index in [0.717, 1.165) is 17.9 Å². The van der Waals surface area contributed by atoms with Gasteiger partial charge in [0.25, 0.3) is 5.88 Å². The first-order valence-corrected chi connectivity index (χ1v) is 7.36. The van der Waals surface area contributed by atoms with Gasteiger partial charge in [0.05, 0.1) is 0 Å². The second kappa shape index (κ2) is 8.42.